The fourth-order valence-electron chi connectivity index (χ4n) is 4.55. The molecule has 0 N–H and O–H groups in total. The summed E-state index contributed by atoms with van der Waals surface area (Å²) in [5, 5.41) is 0. The molecule has 1 aromatic rings. The maximum atomic E-state index is 12.1. The lowest BCUT2D eigenvalue weighted by Crippen LogP contribution is -2.45. The molecule has 0 aromatic heterocycles. The van der Waals surface area contributed by atoms with Gasteiger partial charge in [-0.1, -0.05) is 0 Å². The van der Waals surface area contributed by atoms with Crippen molar-refractivity contribution in [2.75, 3.05) is 63.2 Å². The Bertz CT molecular complexity index is 636. The monoisotopic (exact) mass is 372 g/mol. The third-order valence-electron chi connectivity index (χ3n) is 6.35. The summed E-state index contributed by atoms with van der Waals surface area (Å²) in [5.74, 6) is 0. The molecule has 4 rings (SSSR count). The third-order valence-corrected chi connectivity index (χ3v) is 6.35. The van der Waals surface area contributed by atoms with E-state index in [1.807, 2.05) is 11.9 Å². The van der Waals surface area contributed by atoms with Gasteiger partial charge in [0.1, 0.15) is 0 Å². The summed E-state index contributed by atoms with van der Waals surface area (Å²) >= 11 is 0. The maximum Gasteiger partial charge on any atom is 0.324 e. The van der Waals surface area contributed by atoms with Crippen molar-refractivity contribution in [3.05, 3.63) is 24.3 Å². The van der Waals surface area contributed by atoms with Crippen molar-refractivity contribution in [2.24, 2.45) is 0 Å². The molecule has 3 saturated heterocycles. The van der Waals surface area contributed by atoms with Gasteiger partial charge < -0.3 is 19.4 Å². The minimum Gasteiger partial charge on any atom is -0.377 e. The average Bonchev–Trinajstić information content (AvgIpc) is 3.32. The summed E-state index contributed by atoms with van der Waals surface area (Å²) in [5.41, 5.74) is 2.26. The molecule has 27 heavy (non-hydrogen) atoms. The van der Waals surface area contributed by atoms with E-state index in [0.29, 0.717) is 12.1 Å². The second-order valence-corrected chi connectivity index (χ2v) is 8.16. The molecule has 0 bridgehead atoms. The molecule has 2 amide bonds. The number of carbonyl (C=O) groups is 1. The topological polar surface area (TPSA) is 39.3 Å². The largest absolute Gasteiger partial charge is 0.377 e. The molecular formula is C21H32N4O2. The van der Waals surface area contributed by atoms with Crippen LogP contribution in [0.3, 0.4) is 0 Å². The zero-order chi connectivity index (χ0) is 18.8. The number of piperidine rings is 1. The minimum absolute atomic E-state index is 0.0952. The van der Waals surface area contributed by atoms with Crippen LogP contribution in [0.25, 0.3) is 0 Å². The van der Waals surface area contributed by atoms with Gasteiger partial charge in [0.25, 0.3) is 0 Å². The lowest BCUT2D eigenvalue weighted by molar-refractivity contribution is 0.0636. The second kappa shape index (κ2) is 8.07. The highest BCUT2D eigenvalue weighted by Crippen LogP contribution is 2.27. The van der Waals surface area contributed by atoms with Gasteiger partial charge in [-0.3, -0.25) is 4.90 Å². The smallest absolute Gasteiger partial charge is 0.324 e. The highest BCUT2D eigenvalue weighted by atomic mass is 16.5. The van der Waals surface area contributed by atoms with E-state index in [2.05, 4.69) is 41.1 Å². The van der Waals surface area contributed by atoms with Gasteiger partial charge >= 0.3 is 6.03 Å². The Balaban J connectivity index is 1.29. The molecule has 6 heteroatoms. The van der Waals surface area contributed by atoms with Crippen LogP contribution >= 0.6 is 0 Å². The average molecular weight is 373 g/mol. The van der Waals surface area contributed by atoms with Crippen LogP contribution in [0.15, 0.2) is 24.3 Å². The predicted molar refractivity (Wildman–Crippen MR) is 109 cm³/mol. The Morgan fingerprint density at radius 1 is 1.04 bits per heavy atom. The first-order valence-corrected chi connectivity index (χ1v) is 10.3. The van der Waals surface area contributed by atoms with Gasteiger partial charge in [-0.15, -0.1) is 0 Å². The number of benzene rings is 1. The number of amides is 2. The van der Waals surface area contributed by atoms with Gasteiger partial charge in [-0.05, 0) is 57.0 Å². The Kier molecular flexibility index (Phi) is 5.55. The number of urea groups is 1. The summed E-state index contributed by atoms with van der Waals surface area (Å²) in [6.45, 7) is 5.76. The summed E-state index contributed by atoms with van der Waals surface area (Å²) in [6, 6.07) is 9.25. The number of carbonyl (C=O) groups excluding carboxylic acids is 1. The molecule has 1 atom stereocenters. The molecule has 1 aromatic carbocycles. The quantitative estimate of drug-likeness (QED) is 0.797. The van der Waals surface area contributed by atoms with Crippen LogP contribution in [0, 0.1) is 0 Å². The predicted octanol–water partition coefficient (Wildman–Crippen LogP) is 2.64. The highest BCUT2D eigenvalue weighted by Gasteiger charge is 2.28. The number of likely N-dealkylation sites (N-methyl/N-ethyl adjacent to an activating group) is 2. The normalized spacial score (nSPS) is 24.5. The van der Waals surface area contributed by atoms with Crippen LogP contribution in [0.1, 0.15) is 25.7 Å². The van der Waals surface area contributed by atoms with Crippen LogP contribution in [-0.4, -0.2) is 81.4 Å². The van der Waals surface area contributed by atoms with Crippen molar-refractivity contribution in [1.29, 1.82) is 0 Å². The van der Waals surface area contributed by atoms with Crippen molar-refractivity contribution in [3.8, 4) is 0 Å². The lowest BCUT2D eigenvalue weighted by Gasteiger charge is -2.38. The molecule has 1 unspecified atom stereocenters. The van der Waals surface area contributed by atoms with Crippen molar-refractivity contribution in [2.45, 2.75) is 37.8 Å². The van der Waals surface area contributed by atoms with Crippen LogP contribution < -0.4 is 9.80 Å². The van der Waals surface area contributed by atoms with Crippen LogP contribution in [0.2, 0.25) is 0 Å². The fourth-order valence-corrected chi connectivity index (χ4v) is 4.55. The van der Waals surface area contributed by atoms with Gasteiger partial charge in [0.15, 0.2) is 0 Å². The fraction of sp³-hybridized carbons (Fsp3) is 0.667. The van der Waals surface area contributed by atoms with Crippen LogP contribution in [0.5, 0.6) is 0 Å². The van der Waals surface area contributed by atoms with Crippen molar-refractivity contribution >= 4 is 17.4 Å². The molecule has 0 spiro atoms. The van der Waals surface area contributed by atoms with Crippen LogP contribution in [0.4, 0.5) is 16.2 Å². The minimum atomic E-state index is 0.0952. The van der Waals surface area contributed by atoms with E-state index in [-0.39, 0.29) is 6.03 Å². The van der Waals surface area contributed by atoms with Gasteiger partial charge in [-0.2, -0.15) is 0 Å². The summed E-state index contributed by atoms with van der Waals surface area (Å²) in [7, 11) is 4.11. The number of hydrogen-bond donors (Lipinski definition) is 0. The van der Waals surface area contributed by atoms with Crippen molar-refractivity contribution < 1.29 is 9.53 Å². The number of hydrogen-bond acceptors (Lipinski definition) is 4. The van der Waals surface area contributed by atoms with E-state index in [1.165, 1.54) is 31.4 Å². The first kappa shape index (κ1) is 18.6. The van der Waals surface area contributed by atoms with Gasteiger partial charge in [0, 0.05) is 63.8 Å². The molecular weight excluding hydrogens is 340 g/mol. The van der Waals surface area contributed by atoms with E-state index in [4.69, 9.17) is 4.74 Å². The van der Waals surface area contributed by atoms with E-state index >= 15 is 0 Å². The molecule has 0 saturated carbocycles. The molecule has 3 aliphatic rings. The number of nitrogens with zero attached hydrogens (tertiary/aromatic N) is 4. The zero-order valence-electron chi connectivity index (χ0n) is 16.6. The van der Waals surface area contributed by atoms with E-state index in [0.717, 1.165) is 45.0 Å². The third kappa shape index (κ3) is 4.06. The first-order chi connectivity index (χ1) is 13.1. The Morgan fingerprint density at radius 2 is 1.74 bits per heavy atom. The summed E-state index contributed by atoms with van der Waals surface area (Å²) in [6.07, 6.45) is 5.26. The molecule has 3 fully saturated rings. The lowest BCUT2D eigenvalue weighted by atomic mass is 10.0. The summed E-state index contributed by atoms with van der Waals surface area (Å²) < 4.78 is 5.79. The Labute approximate surface area is 162 Å². The molecule has 0 radical (unpaired) electrons. The Hall–Kier alpha value is -1.79. The van der Waals surface area contributed by atoms with Gasteiger partial charge in [0.05, 0.1) is 6.10 Å². The van der Waals surface area contributed by atoms with E-state index in [9.17, 15) is 4.79 Å². The van der Waals surface area contributed by atoms with Crippen molar-refractivity contribution in [3.63, 3.8) is 0 Å². The molecule has 3 heterocycles. The number of rotatable bonds is 5. The molecule has 148 valence electrons. The molecule has 6 nitrogen and oxygen atoms in total. The second-order valence-electron chi connectivity index (χ2n) is 8.16. The van der Waals surface area contributed by atoms with Gasteiger partial charge in [-0.25, -0.2) is 4.79 Å². The standard InChI is InChI=1S/C21H32N4O2/c1-22-13-14-25(21(22)26)19-7-5-18(6-8-19)24-11-9-17(10-12-24)23(2)16-20-4-3-15-27-20/h5-8,17,20H,3-4,9-16H2,1-2H3. The van der Waals surface area contributed by atoms with Crippen molar-refractivity contribution in [1.82, 2.24) is 9.80 Å². The Morgan fingerprint density at radius 3 is 2.33 bits per heavy atom. The van der Waals surface area contributed by atoms with E-state index < -0.39 is 0 Å². The zero-order valence-corrected chi connectivity index (χ0v) is 16.6. The maximum absolute atomic E-state index is 12.1. The van der Waals surface area contributed by atoms with Crippen LogP contribution in [-0.2, 0) is 4.74 Å². The molecule has 3 aliphatic heterocycles. The van der Waals surface area contributed by atoms with Gasteiger partial charge in [0.2, 0.25) is 0 Å². The summed E-state index contributed by atoms with van der Waals surface area (Å²) in [4.78, 5) is 20.7. The first-order valence-electron chi connectivity index (χ1n) is 10.3. The highest BCUT2D eigenvalue weighted by molar-refractivity contribution is 5.94. The van der Waals surface area contributed by atoms with E-state index in [1.54, 1.807) is 4.90 Å². The number of anilines is 2. The number of ether oxygens (including phenoxy) is 1. The molecule has 0 aliphatic carbocycles. The SMILES string of the molecule is CN1CCN(c2ccc(N3CCC(N(C)CC4CCCO4)CC3)cc2)C1=O.